The largest absolute Gasteiger partial charge is 0.480 e. The van der Waals surface area contributed by atoms with Crippen molar-refractivity contribution in [1.29, 1.82) is 0 Å². The van der Waals surface area contributed by atoms with Gasteiger partial charge in [0.15, 0.2) is 0 Å². The molecular formula is C5H11NO2PtS. The Morgan fingerprint density at radius 1 is 1.80 bits per heavy atom. The molecule has 0 amide bonds. The molecule has 0 saturated heterocycles. The minimum Gasteiger partial charge on any atom is -0.480 e. The van der Waals surface area contributed by atoms with Crippen LogP contribution < -0.4 is 5.73 Å². The number of carboxylic acid groups (broad SMARTS) is 1. The van der Waals surface area contributed by atoms with Gasteiger partial charge in [-0.05, 0) is 18.4 Å². The van der Waals surface area contributed by atoms with Crippen molar-refractivity contribution < 1.29 is 31.0 Å². The Labute approximate surface area is 79.0 Å². The van der Waals surface area contributed by atoms with Crippen LogP contribution in [-0.4, -0.2) is 29.1 Å². The maximum Gasteiger partial charge on any atom is 0.320 e. The molecule has 1 unspecified atom stereocenters. The third-order valence-corrected chi connectivity index (χ3v) is 1.59. The molecule has 5 heteroatoms. The molecule has 0 aliphatic carbocycles. The van der Waals surface area contributed by atoms with Crippen molar-refractivity contribution in [3.8, 4) is 0 Å². The third-order valence-electron chi connectivity index (χ3n) is 0.950. The van der Waals surface area contributed by atoms with Crippen LogP contribution in [0.25, 0.3) is 0 Å². The van der Waals surface area contributed by atoms with Crippen molar-refractivity contribution in [3.05, 3.63) is 0 Å². The van der Waals surface area contributed by atoms with Crippen LogP contribution in [0.4, 0.5) is 0 Å². The molecule has 0 rings (SSSR count). The van der Waals surface area contributed by atoms with Crippen LogP contribution >= 0.6 is 11.8 Å². The van der Waals surface area contributed by atoms with Gasteiger partial charge in [-0.25, -0.2) is 0 Å². The predicted octanol–water partition coefficient (Wildman–Crippen LogP) is 0.149. The van der Waals surface area contributed by atoms with Crippen LogP contribution in [0.5, 0.6) is 0 Å². The standard InChI is InChI=1S/C5H11NO2S.Pt/c1-9-3-2-4(6)5(7)8;/h4H,2-3,6H2,1H3,(H,7,8);. The number of rotatable bonds is 4. The first kappa shape index (κ1) is 13.1. The minimum atomic E-state index is -0.913. The summed E-state index contributed by atoms with van der Waals surface area (Å²) in [4.78, 5) is 10.1. The molecule has 0 aromatic carbocycles. The molecule has 3 N–H and O–H groups in total. The Bertz CT molecular complexity index is 102. The van der Waals surface area contributed by atoms with Gasteiger partial charge in [-0.15, -0.1) is 0 Å². The fourth-order valence-electron chi connectivity index (χ4n) is 0.368. The maximum atomic E-state index is 10.1. The summed E-state index contributed by atoms with van der Waals surface area (Å²) in [7, 11) is 0. The zero-order valence-electron chi connectivity index (χ0n) is 5.65. The second-order valence-corrected chi connectivity index (χ2v) is 2.71. The van der Waals surface area contributed by atoms with E-state index < -0.39 is 12.0 Å². The maximum absolute atomic E-state index is 10.1. The molecule has 0 aromatic heterocycles. The zero-order chi connectivity index (χ0) is 7.28. The molecule has 64 valence electrons. The fourth-order valence-corrected chi connectivity index (χ4v) is 0.858. The van der Waals surface area contributed by atoms with E-state index in [1.54, 1.807) is 11.8 Å². The number of hydrogen-bond donors (Lipinski definition) is 2. The normalized spacial score (nSPS) is 11.8. The Morgan fingerprint density at radius 2 is 2.30 bits per heavy atom. The van der Waals surface area contributed by atoms with Gasteiger partial charge in [0.05, 0.1) is 0 Å². The minimum absolute atomic E-state index is 0. The monoisotopic (exact) mass is 344 g/mol. The van der Waals surface area contributed by atoms with Crippen molar-refractivity contribution in [2.45, 2.75) is 12.5 Å². The SMILES string of the molecule is CSCCC(N)C(=O)O.[Pt]. The number of aliphatic carboxylic acids is 1. The van der Waals surface area contributed by atoms with Crippen LogP contribution in [0.1, 0.15) is 6.42 Å². The topological polar surface area (TPSA) is 63.3 Å². The molecule has 0 saturated carbocycles. The van der Waals surface area contributed by atoms with E-state index in [0.717, 1.165) is 5.75 Å². The van der Waals surface area contributed by atoms with Crippen LogP contribution in [0.15, 0.2) is 0 Å². The molecule has 10 heavy (non-hydrogen) atoms. The van der Waals surface area contributed by atoms with Crippen LogP contribution in [0, 0.1) is 0 Å². The molecule has 0 aliphatic heterocycles. The first-order chi connectivity index (χ1) is 4.18. The van der Waals surface area contributed by atoms with Crippen molar-refractivity contribution >= 4 is 17.7 Å². The first-order valence-electron chi connectivity index (χ1n) is 2.65. The third kappa shape index (κ3) is 6.59. The van der Waals surface area contributed by atoms with Crippen molar-refractivity contribution in [3.63, 3.8) is 0 Å². The Hall–Kier alpha value is 0.468. The number of hydrogen-bond acceptors (Lipinski definition) is 3. The predicted molar refractivity (Wildman–Crippen MR) is 38.6 cm³/mol. The van der Waals surface area contributed by atoms with E-state index >= 15 is 0 Å². The Kier molecular flexibility index (Phi) is 9.91. The van der Waals surface area contributed by atoms with Gasteiger partial charge >= 0.3 is 5.97 Å². The summed E-state index contributed by atoms with van der Waals surface area (Å²) in [5.41, 5.74) is 5.19. The van der Waals surface area contributed by atoms with Crippen LogP contribution in [0.3, 0.4) is 0 Å². The van der Waals surface area contributed by atoms with Crippen molar-refractivity contribution in [2.75, 3.05) is 12.0 Å². The molecule has 0 aliphatic rings. The van der Waals surface area contributed by atoms with E-state index in [1.807, 2.05) is 6.26 Å². The van der Waals surface area contributed by atoms with Gasteiger partial charge in [0, 0.05) is 21.1 Å². The van der Waals surface area contributed by atoms with E-state index in [1.165, 1.54) is 0 Å². The van der Waals surface area contributed by atoms with E-state index in [-0.39, 0.29) is 21.1 Å². The quantitative estimate of drug-likeness (QED) is 0.762. The molecule has 0 radical (unpaired) electrons. The van der Waals surface area contributed by atoms with Gasteiger partial charge in [0.2, 0.25) is 0 Å². The second-order valence-electron chi connectivity index (χ2n) is 1.73. The molecule has 0 aromatic rings. The van der Waals surface area contributed by atoms with Crippen molar-refractivity contribution in [2.24, 2.45) is 5.73 Å². The summed E-state index contributed by atoms with van der Waals surface area (Å²) in [6.45, 7) is 0. The smallest absolute Gasteiger partial charge is 0.320 e. The summed E-state index contributed by atoms with van der Waals surface area (Å²) in [5.74, 6) is -0.1000. The number of nitrogens with two attached hydrogens (primary N) is 1. The molecule has 0 fully saturated rings. The molecule has 3 nitrogen and oxygen atoms in total. The van der Waals surface area contributed by atoms with E-state index in [2.05, 4.69) is 0 Å². The van der Waals surface area contributed by atoms with Gasteiger partial charge in [-0.1, -0.05) is 0 Å². The van der Waals surface area contributed by atoms with Gasteiger partial charge in [-0.3, -0.25) is 4.79 Å². The average Bonchev–Trinajstić information content (AvgIpc) is 1.82. The molecule has 0 heterocycles. The summed E-state index contributed by atoms with van der Waals surface area (Å²) >= 11 is 1.60. The van der Waals surface area contributed by atoms with Crippen molar-refractivity contribution in [1.82, 2.24) is 0 Å². The van der Waals surface area contributed by atoms with E-state index in [0.29, 0.717) is 6.42 Å². The molecular weight excluding hydrogens is 333 g/mol. The van der Waals surface area contributed by atoms with Gasteiger partial charge in [0.1, 0.15) is 6.04 Å². The summed E-state index contributed by atoms with van der Waals surface area (Å²) < 4.78 is 0. The summed E-state index contributed by atoms with van der Waals surface area (Å²) in [5, 5.41) is 8.27. The summed E-state index contributed by atoms with van der Waals surface area (Å²) in [6.07, 6.45) is 2.48. The average molecular weight is 344 g/mol. The Morgan fingerprint density at radius 3 is 2.60 bits per heavy atom. The first-order valence-corrected chi connectivity index (χ1v) is 4.05. The summed E-state index contributed by atoms with van der Waals surface area (Å²) in [6, 6.07) is -0.683. The van der Waals surface area contributed by atoms with Gasteiger partial charge in [-0.2, -0.15) is 11.8 Å². The zero-order valence-corrected chi connectivity index (χ0v) is 8.74. The number of carbonyl (C=O) groups is 1. The van der Waals surface area contributed by atoms with Crippen LogP contribution in [-0.2, 0) is 25.9 Å². The molecule has 0 bridgehead atoms. The number of thioether (sulfide) groups is 1. The fraction of sp³-hybridized carbons (Fsp3) is 0.800. The Balaban J connectivity index is 0. The second kappa shape index (κ2) is 7.57. The van der Waals surface area contributed by atoms with Crippen LogP contribution in [0.2, 0.25) is 0 Å². The van der Waals surface area contributed by atoms with E-state index in [4.69, 9.17) is 10.8 Å². The molecule has 0 spiro atoms. The van der Waals surface area contributed by atoms with Gasteiger partial charge in [0.25, 0.3) is 0 Å². The van der Waals surface area contributed by atoms with E-state index in [9.17, 15) is 4.79 Å². The van der Waals surface area contributed by atoms with Gasteiger partial charge < -0.3 is 10.8 Å². The number of carboxylic acids is 1. The molecule has 1 atom stereocenters.